The quantitative estimate of drug-likeness (QED) is 0.700. The molecule has 0 atom stereocenters. The fraction of sp³-hybridized carbons (Fsp3) is 0.0667. The number of fused-ring (bicyclic) bond motifs is 1. The molecule has 20 heavy (non-hydrogen) atoms. The van der Waals surface area contributed by atoms with Gasteiger partial charge in [-0.3, -0.25) is 9.20 Å². The third-order valence-electron chi connectivity index (χ3n) is 3.16. The SMILES string of the molecule is Cc1ccc(N)cc1NC(=O)c1cnc2ccccn12. The third kappa shape index (κ3) is 2.09. The summed E-state index contributed by atoms with van der Waals surface area (Å²) in [4.78, 5) is 16.5. The molecule has 2 heterocycles. The number of aromatic nitrogens is 2. The highest BCUT2D eigenvalue weighted by Gasteiger charge is 2.12. The first-order valence-corrected chi connectivity index (χ1v) is 6.25. The molecule has 0 unspecified atom stereocenters. The monoisotopic (exact) mass is 266 g/mol. The summed E-state index contributed by atoms with van der Waals surface area (Å²) in [6, 6.07) is 11.0. The first-order valence-electron chi connectivity index (χ1n) is 6.25. The normalized spacial score (nSPS) is 10.7. The molecule has 0 saturated heterocycles. The van der Waals surface area contributed by atoms with Crippen LogP contribution in [0.5, 0.6) is 0 Å². The number of nitrogen functional groups attached to an aromatic ring is 1. The Morgan fingerprint density at radius 2 is 2.15 bits per heavy atom. The second-order valence-corrected chi connectivity index (χ2v) is 4.60. The van der Waals surface area contributed by atoms with E-state index >= 15 is 0 Å². The molecule has 5 heteroatoms. The molecule has 0 aliphatic heterocycles. The van der Waals surface area contributed by atoms with Crippen LogP contribution >= 0.6 is 0 Å². The number of pyridine rings is 1. The summed E-state index contributed by atoms with van der Waals surface area (Å²) in [5.41, 5.74) is 9.25. The van der Waals surface area contributed by atoms with E-state index in [1.807, 2.05) is 37.4 Å². The van der Waals surface area contributed by atoms with Crippen LogP contribution in [-0.4, -0.2) is 15.3 Å². The summed E-state index contributed by atoms with van der Waals surface area (Å²) < 4.78 is 1.75. The summed E-state index contributed by atoms with van der Waals surface area (Å²) in [5.74, 6) is -0.211. The Morgan fingerprint density at radius 3 is 3.00 bits per heavy atom. The van der Waals surface area contributed by atoms with Gasteiger partial charge in [-0.1, -0.05) is 12.1 Å². The minimum Gasteiger partial charge on any atom is -0.399 e. The molecular formula is C15H14N4O. The van der Waals surface area contributed by atoms with Gasteiger partial charge in [-0.2, -0.15) is 0 Å². The third-order valence-corrected chi connectivity index (χ3v) is 3.16. The van der Waals surface area contributed by atoms with Crippen LogP contribution in [0, 0.1) is 6.92 Å². The van der Waals surface area contributed by atoms with Crippen LogP contribution in [-0.2, 0) is 0 Å². The Balaban J connectivity index is 1.95. The molecule has 0 fully saturated rings. The molecule has 0 saturated carbocycles. The van der Waals surface area contributed by atoms with E-state index < -0.39 is 0 Å². The lowest BCUT2D eigenvalue weighted by Gasteiger charge is -2.09. The largest absolute Gasteiger partial charge is 0.399 e. The van der Waals surface area contributed by atoms with Crippen molar-refractivity contribution in [2.75, 3.05) is 11.1 Å². The zero-order valence-electron chi connectivity index (χ0n) is 11.0. The van der Waals surface area contributed by atoms with E-state index in [4.69, 9.17) is 5.73 Å². The minimum atomic E-state index is -0.211. The van der Waals surface area contributed by atoms with E-state index in [9.17, 15) is 4.79 Å². The van der Waals surface area contributed by atoms with Crippen LogP contribution in [0.25, 0.3) is 5.65 Å². The molecule has 3 N–H and O–H groups in total. The van der Waals surface area contributed by atoms with Gasteiger partial charge < -0.3 is 11.1 Å². The molecule has 0 aliphatic carbocycles. The Morgan fingerprint density at radius 1 is 1.30 bits per heavy atom. The number of carbonyl (C=O) groups excluding carboxylic acids is 1. The van der Waals surface area contributed by atoms with Gasteiger partial charge in [0.2, 0.25) is 0 Å². The van der Waals surface area contributed by atoms with Crippen molar-refractivity contribution in [3.05, 3.63) is 60.0 Å². The average molecular weight is 266 g/mol. The Bertz CT molecular complexity index is 791. The highest BCUT2D eigenvalue weighted by Crippen LogP contribution is 2.19. The Hall–Kier alpha value is -2.82. The summed E-state index contributed by atoms with van der Waals surface area (Å²) in [6.45, 7) is 1.92. The molecule has 3 aromatic rings. The molecule has 0 radical (unpaired) electrons. The highest BCUT2D eigenvalue weighted by molar-refractivity contribution is 6.04. The standard InChI is InChI=1S/C15H14N4O/c1-10-5-6-11(16)8-12(10)18-15(20)13-9-17-14-4-2-3-7-19(13)14/h2-9H,16H2,1H3,(H,18,20). The molecule has 0 aliphatic rings. The molecule has 1 amide bonds. The number of anilines is 2. The smallest absolute Gasteiger partial charge is 0.274 e. The van der Waals surface area contributed by atoms with E-state index in [0.717, 1.165) is 11.2 Å². The second kappa shape index (κ2) is 4.70. The van der Waals surface area contributed by atoms with Crippen molar-refractivity contribution in [3.63, 3.8) is 0 Å². The molecule has 2 aromatic heterocycles. The average Bonchev–Trinajstić information content (AvgIpc) is 2.87. The first-order chi connectivity index (χ1) is 9.65. The summed E-state index contributed by atoms with van der Waals surface area (Å²) >= 11 is 0. The van der Waals surface area contributed by atoms with Crippen molar-refractivity contribution in [1.29, 1.82) is 0 Å². The van der Waals surface area contributed by atoms with E-state index in [-0.39, 0.29) is 5.91 Å². The maximum absolute atomic E-state index is 12.3. The van der Waals surface area contributed by atoms with Crippen molar-refractivity contribution in [2.45, 2.75) is 6.92 Å². The molecule has 1 aromatic carbocycles. The van der Waals surface area contributed by atoms with Crippen molar-refractivity contribution in [2.24, 2.45) is 0 Å². The number of nitrogens with zero attached hydrogens (tertiary/aromatic N) is 2. The van der Waals surface area contributed by atoms with Gasteiger partial charge in [0.05, 0.1) is 6.20 Å². The first kappa shape index (κ1) is 12.2. The van der Waals surface area contributed by atoms with Crippen LogP contribution in [0.3, 0.4) is 0 Å². The molecule has 3 rings (SSSR count). The zero-order valence-corrected chi connectivity index (χ0v) is 11.0. The van der Waals surface area contributed by atoms with Crippen LogP contribution in [0.4, 0.5) is 11.4 Å². The number of rotatable bonds is 2. The summed E-state index contributed by atoms with van der Waals surface area (Å²) in [5, 5.41) is 2.87. The summed E-state index contributed by atoms with van der Waals surface area (Å²) in [7, 11) is 0. The van der Waals surface area contributed by atoms with Gasteiger partial charge >= 0.3 is 0 Å². The van der Waals surface area contributed by atoms with Gasteiger partial charge in [-0.05, 0) is 36.8 Å². The molecule has 0 spiro atoms. The predicted molar refractivity (Wildman–Crippen MR) is 78.7 cm³/mol. The number of amides is 1. The summed E-state index contributed by atoms with van der Waals surface area (Å²) in [6.07, 6.45) is 3.37. The van der Waals surface area contributed by atoms with Gasteiger partial charge in [-0.25, -0.2) is 4.98 Å². The van der Waals surface area contributed by atoms with Crippen LogP contribution < -0.4 is 11.1 Å². The number of imidazole rings is 1. The number of nitrogens with two attached hydrogens (primary N) is 1. The maximum atomic E-state index is 12.3. The van der Waals surface area contributed by atoms with Gasteiger partial charge in [0.15, 0.2) is 0 Å². The zero-order chi connectivity index (χ0) is 14.1. The maximum Gasteiger partial charge on any atom is 0.274 e. The fourth-order valence-electron chi connectivity index (χ4n) is 2.06. The number of benzene rings is 1. The van der Waals surface area contributed by atoms with E-state index in [2.05, 4.69) is 10.3 Å². The lowest BCUT2D eigenvalue weighted by molar-refractivity contribution is 0.102. The molecule has 0 bridgehead atoms. The van der Waals surface area contributed by atoms with Crippen molar-refractivity contribution in [3.8, 4) is 0 Å². The Labute approximate surface area is 116 Å². The van der Waals surface area contributed by atoms with Crippen LogP contribution in [0.1, 0.15) is 16.1 Å². The van der Waals surface area contributed by atoms with Crippen molar-refractivity contribution in [1.82, 2.24) is 9.38 Å². The number of aryl methyl sites for hydroxylation is 1. The number of nitrogens with one attached hydrogen (secondary N) is 1. The van der Waals surface area contributed by atoms with E-state index in [1.165, 1.54) is 0 Å². The number of carbonyl (C=O) groups is 1. The predicted octanol–water partition coefficient (Wildman–Crippen LogP) is 2.48. The van der Waals surface area contributed by atoms with Gasteiger partial charge in [-0.15, -0.1) is 0 Å². The van der Waals surface area contributed by atoms with Gasteiger partial charge in [0, 0.05) is 17.6 Å². The van der Waals surface area contributed by atoms with E-state index in [1.54, 1.807) is 22.7 Å². The fourth-order valence-corrected chi connectivity index (χ4v) is 2.06. The number of hydrogen-bond donors (Lipinski definition) is 2. The highest BCUT2D eigenvalue weighted by atomic mass is 16.1. The van der Waals surface area contributed by atoms with Gasteiger partial charge in [0.1, 0.15) is 11.3 Å². The van der Waals surface area contributed by atoms with Crippen LogP contribution in [0.2, 0.25) is 0 Å². The second-order valence-electron chi connectivity index (χ2n) is 4.60. The lowest BCUT2D eigenvalue weighted by Crippen LogP contribution is -2.15. The Kier molecular flexibility index (Phi) is 2.87. The van der Waals surface area contributed by atoms with Crippen molar-refractivity contribution >= 4 is 22.9 Å². The minimum absolute atomic E-state index is 0.211. The molecule has 100 valence electrons. The number of hydrogen-bond acceptors (Lipinski definition) is 3. The van der Waals surface area contributed by atoms with Crippen molar-refractivity contribution < 1.29 is 4.79 Å². The molecule has 5 nitrogen and oxygen atoms in total. The van der Waals surface area contributed by atoms with Crippen LogP contribution in [0.15, 0.2) is 48.8 Å². The van der Waals surface area contributed by atoms with Gasteiger partial charge in [0.25, 0.3) is 5.91 Å². The lowest BCUT2D eigenvalue weighted by atomic mass is 10.2. The topological polar surface area (TPSA) is 72.4 Å². The van der Waals surface area contributed by atoms with E-state index in [0.29, 0.717) is 17.1 Å². The molecular weight excluding hydrogens is 252 g/mol.